The van der Waals surface area contributed by atoms with Crippen LogP contribution in [-0.4, -0.2) is 83.3 Å². The summed E-state index contributed by atoms with van der Waals surface area (Å²) in [5.41, 5.74) is -0.224. The summed E-state index contributed by atoms with van der Waals surface area (Å²) in [7, 11) is 0. The van der Waals surface area contributed by atoms with Gasteiger partial charge in [0.2, 0.25) is 5.95 Å². The zero-order chi connectivity index (χ0) is 25.5. The van der Waals surface area contributed by atoms with Gasteiger partial charge >= 0.3 is 6.18 Å². The van der Waals surface area contributed by atoms with Gasteiger partial charge < -0.3 is 30.8 Å². The van der Waals surface area contributed by atoms with Crippen LogP contribution in [0.1, 0.15) is 30.9 Å². The third-order valence-electron chi connectivity index (χ3n) is 7.11. The highest BCUT2D eigenvalue weighted by atomic mass is 19.4. The van der Waals surface area contributed by atoms with Gasteiger partial charge in [-0.15, -0.1) is 0 Å². The van der Waals surface area contributed by atoms with E-state index in [1.54, 1.807) is 0 Å². The fourth-order valence-corrected chi connectivity index (χ4v) is 5.02. The number of hydrogen-bond acceptors (Lipinski definition) is 9. The molecule has 0 bridgehead atoms. The van der Waals surface area contributed by atoms with Gasteiger partial charge in [-0.2, -0.15) is 23.1 Å². The number of alkyl halides is 3. The van der Waals surface area contributed by atoms with Gasteiger partial charge in [0, 0.05) is 44.1 Å². The van der Waals surface area contributed by atoms with Gasteiger partial charge in [0.15, 0.2) is 0 Å². The monoisotopic (exact) mass is 505 g/mol. The van der Waals surface area contributed by atoms with Crippen molar-refractivity contribution in [3.8, 4) is 0 Å². The van der Waals surface area contributed by atoms with Crippen LogP contribution in [0.25, 0.3) is 0 Å². The summed E-state index contributed by atoms with van der Waals surface area (Å²) in [6.07, 6.45) is -2.57. The summed E-state index contributed by atoms with van der Waals surface area (Å²) in [5.74, 6) is 1.10. The molecule has 9 nitrogen and oxygen atoms in total. The van der Waals surface area contributed by atoms with Crippen molar-refractivity contribution in [1.82, 2.24) is 14.9 Å². The molecule has 2 aromatic rings. The van der Waals surface area contributed by atoms with E-state index in [0.717, 1.165) is 31.4 Å². The molecule has 12 heteroatoms. The Hall–Kier alpha value is -2.96. The van der Waals surface area contributed by atoms with Crippen LogP contribution in [0.2, 0.25) is 0 Å². The highest BCUT2D eigenvalue weighted by molar-refractivity contribution is 5.93. The molecule has 36 heavy (non-hydrogen) atoms. The Morgan fingerprint density at radius 1 is 1.19 bits per heavy atom. The number of rotatable bonds is 7. The van der Waals surface area contributed by atoms with Gasteiger partial charge in [-0.3, -0.25) is 4.90 Å². The molecule has 194 valence electrons. The average molecular weight is 506 g/mol. The number of aromatic nitrogens is 2. The zero-order valence-corrected chi connectivity index (χ0v) is 20.0. The van der Waals surface area contributed by atoms with E-state index in [0.29, 0.717) is 56.5 Å². The number of anilines is 4. The van der Waals surface area contributed by atoms with Crippen molar-refractivity contribution in [1.29, 1.82) is 5.41 Å². The van der Waals surface area contributed by atoms with E-state index < -0.39 is 11.7 Å². The Morgan fingerprint density at radius 3 is 2.56 bits per heavy atom. The molecule has 0 atom stereocenters. The van der Waals surface area contributed by atoms with Crippen molar-refractivity contribution in [3.05, 3.63) is 35.4 Å². The molecule has 3 fully saturated rings. The molecule has 1 saturated carbocycles. The highest BCUT2D eigenvalue weighted by Crippen LogP contribution is 2.37. The summed E-state index contributed by atoms with van der Waals surface area (Å²) in [6, 6.07) is 4.89. The molecule has 0 spiro atoms. The Bertz CT molecular complexity index is 1110. The quantitative estimate of drug-likeness (QED) is 0.425. The minimum Gasteiger partial charge on any atom is -0.393 e. The van der Waals surface area contributed by atoms with E-state index in [1.165, 1.54) is 12.1 Å². The minimum atomic E-state index is -4.47. The largest absolute Gasteiger partial charge is 0.416 e. The van der Waals surface area contributed by atoms with Crippen molar-refractivity contribution in [2.24, 2.45) is 0 Å². The van der Waals surface area contributed by atoms with Crippen LogP contribution in [0, 0.1) is 5.41 Å². The van der Waals surface area contributed by atoms with Crippen molar-refractivity contribution in [2.75, 3.05) is 54.9 Å². The van der Waals surface area contributed by atoms with Crippen LogP contribution in [0.5, 0.6) is 0 Å². The first kappa shape index (κ1) is 24.7. The number of hydrogen-bond donors (Lipinski definition) is 4. The lowest BCUT2D eigenvalue weighted by atomic mass is 9.89. The van der Waals surface area contributed by atoms with E-state index in [4.69, 9.17) is 10.1 Å². The number of morpholine rings is 1. The highest BCUT2D eigenvalue weighted by Gasteiger charge is 2.45. The standard InChI is InChI=1S/C24H30F3N7O2/c1-23(34-5-7-36-8-6-34)13-33(14-23)21-19(12-28)20(31-22(32-21)30-17-10-18(35)11-17)29-16-4-2-3-15(9-16)24(25,26)27/h2-4,9,12,17-18,28,35H,5-8,10-11,13-14H2,1H3,(H2,29,30,31,32). The normalized spacial score (nSPS) is 24.0. The molecule has 2 saturated heterocycles. The third-order valence-corrected chi connectivity index (χ3v) is 7.11. The second-order valence-corrected chi connectivity index (χ2v) is 9.90. The van der Waals surface area contributed by atoms with Crippen LogP contribution in [0.3, 0.4) is 0 Å². The first-order valence-corrected chi connectivity index (χ1v) is 12.0. The molecule has 0 amide bonds. The van der Waals surface area contributed by atoms with Crippen molar-refractivity contribution < 1.29 is 23.0 Å². The molecule has 0 radical (unpaired) electrons. The summed E-state index contributed by atoms with van der Waals surface area (Å²) in [5, 5.41) is 23.9. The minimum absolute atomic E-state index is 0.00935. The van der Waals surface area contributed by atoms with Gasteiger partial charge in [0.1, 0.15) is 11.6 Å². The molecular formula is C24H30F3N7O2. The molecule has 1 aromatic carbocycles. The smallest absolute Gasteiger partial charge is 0.393 e. The van der Waals surface area contributed by atoms with Crippen LogP contribution in [0.15, 0.2) is 24.3 Å². The summed E-state index contributed by atoms with van der Waals surface area (Å²) in [6.45, 7) is 6.67. The number of nitrogens with zero attached hydrogens (tertiary/aromatic N) is 4. The molecule has 3 heterocycles. The Labute approximate surface area is 207 Å². The number of aliphatic hydroxyl groups is 1. The number of ether oxygens (including phenoxy) is 1. The molecule has 4 N–H and O–H groups in total. The lowest BCUT2D eigenvalue weighted by molar-refractivity contribution is -0.137. The average Bonchev–Trinajstić information content (AvgIpc) is 2.81. The first-order valence-electron chi connectivity index (χ1n) is 12.0. The molecular weight excluding hydrogens is 475 g/mol. The fraction of sp³-hybridized carbons (Fsp3) is 0.542. The Morgan fingerprint density at radius 2 is 1.92 bits per heavy atom. The van der Waals surface area contributed by atoms with Gasteiger partial charge in [-0.1, -0.05) is 6.07 Å². The molecule has 1 aromatic heterocycles. The second kappa shape index (κ2) is 9.49. The number of halogens is 3. The number of benzene rings is 1. The van der Waals surface area contributed by atoms with Gasteiger partial charge in [0.05, 0.1) is 36.0 Å². The maximum atomic E-state index is 13.2. The maximum absolute atomic E-state index is 13.2. The van der Waals surface area contributed by atoms with E-state index in [1.807, 2.05) is 0 Å². The summed E-state index contributed by atoms with van der Waals surface area (Å²) in [4.78, 5) is 13.7. The van der Waals surface area contributed by atoms with Crippen LogP contribution in [0.4, 0.5) is 36.4 Å². The van der Waals surface area contributed by atoms with Gasteiger partial charge in [-0.05, 0) is 38.0 Å². The van der Waals surface area contributed by atoms with Crippen molar-refractivity contribution >= 4 is 29.5 Å². The second-order valence-electron chi connectivity index (χ2n) is 9.90. The van der Waals surface area contributed by atoms with E-state index >= 15 is 0 Å². The predicted octanol–water partition coefficient (Wildman–Crippen LogP) is 3.08. The summed E-state index contributed by atoms with van der Waals surface area (Å²) >= 11 is 0. The molecule has 5 rings (SSSR count). The number of nitrogens with one attached hydrogen (secondary N) is 3. The summed E-state index contributed by atoms with van der Waals surface area (Å²) < 4.78 is 45.2. The Balaban J connectivity index is 1.44. The fourth-order valence-electron chi connectivity index (χ4n) is 5.02. The third kappa shape index (κ3) is 4.97. The topological polar surface area (TPSA) is 110 Å². The lowest BCUT2D eigenvalue weighted by Crippen LogP contribution is -2.70. The van der Waals surface area contributed by atoms with Crippen molar-refractivity contribution in [3.63, 3.8) is 0 Å². The van der Waals surface area contributed by atoms with E-state index in [9.17, 15) is 18.3 Å². The maximum Gasteiger partial charge on any atom is 0.416 e. The molecule has 3 aliphatic rings. The molecule has 2 aliphatic heterocycles. The first-order chi connectivity index (χ1) is 17.1. The van der Waals surface area contributed by atoms with Crippen molar-refractivity contribution in [2.45, 2.75) is 43.6 Å². The Kier molecular flexibility index (Phi) is 6.52. The molecule has 1 aliphatic carbocycles. The van der Waals surface area contributed by atoms with Crippen LogP contribution < -0.4 is 15.5 Å². The van der Waals surface area contributed by atoms with E-state index in [2.05, 4.69) is 37.3 Å². The lowest BCUT2D eigenvalue weighted by Gasteiger charge is -2.55. The molecule has 0 unspecified atom stereocenters. The SMILES string of the molecule is CC1(N2CCOCC2)CN(c2nc(NC3CC(O)C3)nc(Nc3cccc(C(F)(F)F)c3)c2C=N)C1. The zero-order valence-electron chi connectivity index (χ0n) is 20.0. The van der Waals surface area contributed by atoms with Crippen LogP contribution >= 0.6 is 0 Å². The van der Waals surface area contributed by atoms with E-state index in [-0.39, 0.29) is 29.2 Å². The van der Waals surface area contributed by atoms with Gasteiger partial charge in [-0.25, -0.2) is 0 Å². The number of aliphatic hydroxyl groups excluding tert-OH is 1. The van der Waals surface area contributed by atoms with Gasteiger partial charge in [0.25, 0.3) is 0 Å². The van der Waals surface area contributed by atoms with Crippen LogP contribution in [-0.2, 0) is 10.9 Å². The predicted molar refractivity (Wildman–Crippen MR) is 130 cm³/mol.